The Balaban J connectivity index is 2.16. The molecule has 0 radical (unpaired) electrons. The number of aromatic nitrogens is 1. The van der Waals surface area contributed by atoms with Crippen molar-refractivity contribution >= 4 is 17.3 Å². The lowest BCUT2D eigenvalue weighted by atomic mass is 10.2. The minimum Gasteiger partial charge on any atom is -0.327 e. The molecule has 1 atom stereocenters. The van der Waals surface area contributed by atoms with E-state index < -0.39 is 0 Å². The Morgan fingerprint density at radius 2 is 2.33 bits per heavy atom. The number of fused-ring (bicyclic) bond motifs is 1. The van der Waals surface area contributed by atoms with Crippen molar-refractivity contribution in [3.63, 3.8) is 0 Å². The molecule has 0 saturated carbocycles. The standard InChI is InChI=1S/C14H17N3S/c1-2-12(16)10-18-9-11-8-17-6-4-3-5-14(17)13(11)7-15/h3-6,8,12H,2,9-10,16H2,1H3. The average molecular weight is 259 g/mol. The van der Waals surface area contributed by atoms with Crippen molar-refractivity contribution in [1.29, 1.82) is 5.26 Å². The molecule has 94 valence electrons. The predicted molar refractivity (Wildman–Crippen MR) is 76.5 cm³/mol. The fourth-order valence-electron chi connectivity index (χ4n) is 1.85. The molecule has 0 amide bonds. The third-order valence-corrected chi connectivity index (χ3v) is 4.17. The summed E-state index contributed by atoms with van der Waals surface area (Å²) in [5, 5.41) is 9.26. The predicted octanol–water partition coefficient (Wildman–Crippen LogP) is 2.78. The third kappa shape index (κ3) is 2.69. The van der Waals surface area contributed by atoms with E-state index in [0.29, 0.717) is 0 Å². The summed E-state index contributed by atoms with van der Waals surface area (Å²) in [4.78, 5) is 0. The highest BCUT2D eigenvalue weighted by Crippen LogP contribution is 2.22. The Bertz CT molecular complexity index is 568. The average Bonchev–Trinajstić information content (AvgIpc) is 2.75. The van der Waals surface area contributed by atoms with Crippen LogP contribution >= 0.6 is 11.8 Å². The fourth-order valence-corrected chi connectivity index (χ4v) is 2.95. The van der Waals surface area contributed by atoms with Gasteiger partial charge in [-0.1, -0.05) is 13.0 Å². The molecule has 2 rings (SSSR count). The number of nitrogens with two attached hydrogens (primary N) is 1. The van der Waals surface area contributed by atoms with Crippen LogP contribution in [0.1, 0.15) is 24.5 Å². The summed E-state index contributed by atoms with van der Waals surface area (Å²) >= 11 is 1.79. The second kappa shape index (κ2) is 5.94. The molecule has 2 aromatic rings. The minimum atomic E-state index is 0.248. The van der Waals surface area contributed by atoms with Crippen LogP contribution in [0, 0.1) is 11.3 Å². The van der Waals surface area contributed by atoms with E-state index in [1.165, 1.54) is 0 Å². The third-order valence-electron chi connectivity index (χ3n) is 2.99. The van der Waals surface area contributed by atoms with Gasteiger partial charge in [0, 0.05) is 29.9 Å². The zero-order chi connectivity index (χ0) is 13.0. The molecule has 0 bridgehead atoms. The first kappa shape index (κ1) is 13.0. The van der Waals surface area contributed by atoms with Gasteiger partial charge >= 0.3 is 0 Å². The molecule has 0 saturated heterocycles. The molecule has 2 N–H and O–H groups in total. The Labute approximate surface area is 112 Å². The molecule has 0 aliphatic carbocycles. The smallest absolute Gasteiger partial charge is 0.102 e. The number of rotatable bonds is 5. The van der Waals surface area contributed by atoms with Crippen LogP contribution in [-0.4, -0.2) is 16.2 Å². The van der Waals surface area contributed by atoms with Crippen LogP contribution in [0.15, 0.2) is 30.6 Å². The summed E-state index contributed by atoms with van der Waals surface area (Å²) in [6.45, 7) is 2.10. The number of hydrogen-bond acceptors (Lipinski definition) is 3. The van der Waals surface area contributed by atoms with Crippen LogP contribution in [0.4, 0.5) is 0 Å². The summed E-state index contributed by atoms with van der Waals surface area (Å²) < 4.78 is 2.01. The van der Waals surface area contributed by atoms with Gasteiger partial charge in [0.15, 0.2) is 0 Å². The van der Waals surface area contributed by atoms with Gasteiger partial charge in [-0.15, -0.1) is 0 Å². The Hall–Kier alpha value is -1.44. The molecule has 0 aliphatic heterocycles. The van der Waals surface area contributed by atoms with Crippen LogP contribution in [0.2, 0.25) is 0 Å². The zero-order valence-corrected chi connectivity index (χ0v) is 11.3. The molecule has 2 aromatic heterocycles. The quantitative estimate of drug-likeness (QED) is 0.898. The van der Waals surface area contributed by atoms with E-state index in [-0.39, 0.29) is 6.04 Å². The molecule has 0 spiro atoms. The molecule has 0 fully saturated rings. The maximum atomic E-state index is 9.26. The van der Waals surface area contributed by atoms with Gasteiger partial charge in [0.2, 0.25) is 0 Å². The van der Waals surface area contributed by atoms with E-state index in [1.54, 1.807) is 11.8 Å². The van der Waals surface area contributed by atoms with Crippen molar-refractivity contribution < 1.29 is 0 Å². The van der Waals surface area contributed by atoms with E-state index in [4.69, 9.17) is 5.73 Å². The molecule has 3 nitrogen and oxygen atoms in total. The van der Waals surface area contributed by atoms with Crippen LogP contribution in [0.3, 0.4) is 0 Å². The van der Waals surface area contributed by atoms with Crippen molar-refractivity contribution in [2.24, 2.45) is 5.73 Å². The van der Waals surface area contributed by atoms with Crippen molar-refractivity contribution in [1.82, 2.24) is 4.40 Å². The van der Waals surface area contributed by atoms with Crippen molar-refractivity contribution in [2.75, 3.05) is 5.75 Å². The van der Waals surface area contributed by atoms with Crippen LogP contribution in [0.5, 0.6) is 0 Å². The first-order chi connectivity index (χ1) is 8.76. The zero-order valence-electron chi connectivity index (χ0n) is 10.5. The largest absolute Gasteiger partial charge is 0.327 e. The second-order valence-electron chi connectivity index (χ2n) is 4.32. The Kier molecular flexibility index (Phi) is 4.29. The summed E-state index contributed by atoms with van der Waals surface area (Å²) in [5.74, 6) is 1.78. The van der Waals surface area contributed by atoms with Crippen LogP contribution < -0.4 is 5.73 Å². The summed E-state index contributed by atoms with van der Waals surface area (Å²) in [7, 11) is 0. The van der Waals surface area contributed by atoms with E-state index in [0.717, 1.165) is 34.6 Å². The van der Waals surface area contributed by atoms with E-state index in [1.807, 2.05) is 35.0 Å². The highest BCUT2D eigenvalue weighted by Gasteiger charge is 2.10. The second-order valence-corrected chi connectivity index (χ2v) is 5.35. The number of nitrogens with zero attached hydrogens (tertiary/aromatic N) is 2. The SMILES string of the molecule is CCC(N)CSCc1cn2ccccc2c1C#N. The first-order valence-corrected chi connectivity index (χ1v) is 7.23. The minimum absolute atomic E-state index is 0.248. The van der Waals surface area contributed by atoms with Crippen molar-refractivity contribution in [3.8, 4) is 6.07 Å². The van der Waals surface area contributed by atoms with Gasteiger partial charge in [0.05, 0.1) is 11.1 Å². The molecule has 4 heteroatoms. The summed E-state index contributed by atoms with van der Waals surface area (Å²) in [5.41, 5.74) is 8.75. The molecule has 0 aromatic carbocycles. The highest BCUT2D eigenvalue weighted by molar-refractivity contribution is 7.98. The summed E-state index contributed by atoms with van der Waals surface area (Å²) in [6.07, 6.45) is 5.01. The van der Waals surface area contributed by atoms with Gasteiger partial charge in [-0.3, -0.25) is 0 Å². The number of thioether (sulfide) groups is 1. The highest BCUT2D eigenvalue weighted by atomic mass is 32.2. The van der Waals surface area contributed by atoms with Gasteiger partial charge in [-0.2, -0.15) is 17.0 Å². The lowest BCUT2D eigenvalue weighted by molar-refractivity contribution is 0.725. The van der Waals surface area contributed by atoms with Crippen LogP contribution in [-0.2, 0) is 5.75 Å². The fraction of sp³-hybridized carbons (Fsp3) is 0.357. The van der Waals surface area contributed by atoms with Crippen molar-refractivity contribution in [3.05, 3.63) is 41.7 Å². The molecule has 2 heterocycles. The molecular weight excluding hydrogens is 242 g/mol. The van der Waals surface area contributed by atoms with E-state index in [9.17, 15) is 5.26 Å². The molecule has 1 unspecified atom stereocenters. The monoisotopic (exact) mass is 259 g/mol. The first-order valence-electron chi connectivity index (χ1n) is 6.08. The lowest BCUT2D eigenvalue weighted by Gasteiger charge is -2.06. The molecular formula is C14H17N3S. The molecule has 0 aliphatic rings. The van der Waals surface area contributed by atoms with Gasteiger partial charge in [0.1, 0.15) is 6.07 Å². The normalized spacial score (nSPS) is 12.5. The van der Waals surface area contributed by atoms with Crippen molar-refractivity contribution in [2.45, 2.75) is 25.1 Å². The summed E-state index contributed by atoms with van der Waals surface area (Å²) in [6, 6.07) is 8.46. The number of hydrogen-bond donors (Lipinski definition) is 1. The number of nitriles is 1. The van der Waals surface area contributed by atoms with E-state index >= 15 is 0 Å². The maximum absolute atomic E-state index is 9.26. The topological polar surface area (TPSA) is 54.2 Å². The maximum Gasteiger partial charge on any atom is 0.102 e. The Morgan fingerprint density at radius 3 is 3.06 bits per heavy atom. The Morgan fingerprint density at radius 1 is 1.50 bits per heavy atom. The molecule has 18 heavy (non-hydrogen) atoms. The van der Waals surface area contributed by atoms with Gasteiger partial charge in [-0.25, -0.2) is 0 Å². The number of pyridine rings is 1. The van der Waals surface area contributed by atoms with Gasteiger partial charge in [0.25, 0.3) is 0 Å². The van der Waals surface area contributed by atoms with E-state index in [2.05, 4.69) is 13.0 Å². The van der Waals surface area contributed by atoms with Crippen LogP contribution in [0.25, 0.3) is 5.52 Å². The van der Waals surface area contributed by atoms with Gasteiger partial charge < -0.3 is 10.1 Å². The lowest BCUT2D eigenvalue weighted by Crippen LogP contribution is -2.21. The van der Waals surface area contributed by atoms with Gasteiger partial charge in [-0.05, 0) is 24.1 Å².